The number of hydrogen-bond donors (Lipinski definition) is 1. The monoisotopic (exact) mass is 386 g/mol. The number of thioether (sulfide) groups is 1. The molecule has 2 aliphatic rings. The Morgan fingerprint density at radius 1 is 1.30 bits per heavy atom. The lowest BCUT2D eigenvalue weighted by Gasteiger charge is -2.24. The van der Waals surface area contributed by atoms with Crippen LogP contribution in [0.1, 0.15) is 38.0 Å². The quantitative estimate of drug-likeness (QED) is 0.805. The number of nitrogens with one attached hydrogen (secondary N) is 1. The van der Waals surface area contributed by atoms with Gasteiger partial charge in [0, 0.05) is 17.0 Å². The summed E-state index contributed by atoms with van der Waals surface area (Å²) in [5.74, 6) is 1.79. The van der Waals surface area contributed by atoms with Gasteiger partial charge in [-0.1, -0.05) is 36.9 Å². The van der Waals surface area contributed by atoms with Crippen LogP contribution in [0, 0.1) is 0 Å². The van der Waals surface area contributed by atoms with Crippen LogP contribution in [0.5, 0.6) is 5.75 Å². The summed E-state index contributed by atoms with van der Waals surface area (Å²) in [6, 6.07) is 7.89. The van der Waals surface area contributed by atoms with Crippen LogP contribution in [0.25, 0.3) is 0 Å². The van der Waals surface area contributed by atoms with E-state index in [1.807, 2.05) is 24.3 Å². The Morgan fingerprint density at radius 2 is 2.15 bits per heavy atom. The molecular weight excluding hydrogens is 360 g/mol. The number of azo groups is 1. The van der Waals surface area contributed by atoms with Gasteiger partial charge in [-0.3, -0.25) is 0 Å². The second kappa shape index (κ2) is 10.3. The zero-order chi connectivity index (χ0) is 18.9. The van der Waals surface area contributed by atoms with Crippen LogP contribution >= 0.6 is 11.8 Å². The lowest BCUT2D eigenvalue weighted by atomic mass is 10.0. The fourth-order valence-electron chi connectivity index (χ4n) is 2.81. The lowest BCUT2D eigenvalue weighted by molar-refractivity contribution is 0.0415. The van der Waals surface area contributed by atoms with Gasteiger partial charge in [0.1, 0.15) is 12.5 Å². The third-order valence-corrected chi connectivity index (χ3v) is 5.36. The molecule has 3 rings (SSSR count). The largest absolute Gasteiger partial charge is 0.497 e. The zero-order valence-corrected chi connectivity index (χ0v) is 16.7. The molecule has 1 aromatic carbocycles. The van der Waals surface area contributed by atoms with Crippen molar-refractivity contribution in [1.82, 2.24) is 5.32 Å². The molecule has 1 heterocycles. The predicted octanol–water partition coefficient (Wildman–Crippen LogP) is 4.83. The average molecular weight is 387 g/mol. The van der Waals surface area contributed by atoms with Crippen molar-refractivity contribution in [3.05, 3.63) is 53.3 Å². The highest BCUT2D eigenvalue weighted by Crippen LogP contribution is 2.25. The van der Waals surface area contributed by atoms with Gasteiger partial charge < -0.3 is 14.8 Å². The molecule has 27 heavy (non-hydrogen) atoms. The maximum Gasteiger partial charge on any atom is 0.206 e. The molecule has 0 spiro atoms. The maximum absolute atomic E-state index is 6.07. The number of benzene rings is 1. The van der Waals surface area contributed by atoms with Crippen LogP contribution in [-0.4, -0.2) is 31.3 Å². The molecule has 7 heteroatoms. The Bertz CT molecular complexity index is 741. The first kappa shape index (κ1) is 19.6. The third-order valence-electron chi connectivity index (χ3n) is 4.28. The van der Waals surface area contributed by atoms with E-state index in [-0.39, 0.29) is 13.0 Å². The number of rotatable bonds is 4. The van der Waals surface area contributed by atoms with Gasteiger partial charge in [0.05, 0.1) is 13.7 Å². The van der Waals surface area contributed by atoms with E-state index in [1.165, 1.54) is 5.57 Å². The third kappa shape index (κ3) is 5.68. The molecule has 6 nitrogen and oxygen atoms in total. The van der Waals surface area contributed by atoms with Gasteiger partial charge in [-0.2, -0.15) is 5.11 Å². The molecule has 1 N–H and O–H groups in total. The van der Waals surface area contributed by atoms with E-state index in [4.69, 9.17) is 9.47 Å². The summed E-state index contributed by atoms with van der Waals surface area (Å²) in [5, 5.41) is 12.9. The maximum atomic E-state index is 6.07. The molecule has 0 radical (unpaired) electrons. The number of methoxy groups -OCH3 is 1. The van der Waals surface area contributed by atoms with Gasteiger partial charge in [-0.05, 0) is 43.0 Å². The van der Waals surface area contributed by atoms with Crippen molar-refractivity contribution < 1.29 is 9.47 Å². The van der Waals surface area contributed by atoms with Crippen LogP contribution in [0.4, 0.5) is 0 Å². The predicted molar refractivity (Wildman–Crippen MR) is 110 cm³/mol. The molecule has 144 valence electrons. The molecule has 1 aliphatic heterocycles. The smallest absolute Gasteiger partial charge is 0.206 e. The summed E-state index contributed by atoms with van der Waals surface area (Å²) in [6.45, 7) is 2.94. The minimum Gasteiger partial charge on any atom is -0.497 e. The van der Waals surface area contributed by atoms with Gasteiger partial charge in [-0.15, -0.1) is 5.11 Å². The summed E-state index contributed by atoms with van der Waals surface area (Å²) < 4.78 is 11.3. The second-order valence-electron chi connectivity index (χ2n) is 6.24. The minimum atomic E-state index is -0.303. The van der Waals surface area contributed by atoms with Crippen LogP contribution in [0.2, 0.25) is 0 Å². The number of ether oxygens (including phenoxy) is 2. The Balaban J connectivity index is 1.86. The van der Waals surface area contributed by atoms with Crippen molar-refractivity contribution in [2.45, 2.75) is 32.4 Å². The van der Waals surface area contributed by atoms with E-state index in [9.17, 15) is 0 Å². The van der Waals surface area contributed by atoms with E-state index in [1.54, 1.807) is 18.9 Å². The minimum absolute atomic E-state index is 0.223. The molecule has 0 aromatic heterocycles. The lowest BCUT2D eigenvalue weighted by Crippen LogP contribution is -2.25. The first-order valence-electron chi connectivity index (χ1n) is 9.25. The van der Waals surface area contributed by atoms with Gasteiger partial charge in [0.15, 0.2) is 6.23 Å². The van der Waals surface area contributed by atoms with Crippen molar-refractivity contribution in [2.24, 2.45) is 15.2 Å². The fraction of sp³-hybridized carbons (Fsp3) is 0.450. The molecule has 1 aliphatic carbocycles. The number of aliphatic imine (C=N–C) groups is 1. The first-order chi connectivity index (χ1) is 13.3. The summed E-state index contributed by atoms with van der Waals surface area (Å²) >= 11 is 1.62. The molecule has 0 bridgehead atoms. The Kier molecular flexibility index (Phi) is 7.47. The van der Waals surface area contributed by atoms with E-state index in [0.29, 0.717) is 11.7 Å². The van der Waals surface area contributed by atoms with Gasteiger partial charge in [0.25, 0.3) is 0 Å². The molecule has 0 fully saturated rings. The van der Waals surface area contributed by atoms with Crippen LogP contribution in [0.3, 0.4) is 0 Å². The Labute approximate surface area is 164 Å². The Hall–Kier alpha value is -2.12. The van der Waals surface area contributed by atoms with Crippen molar-refractivity contribution in [3.63, 3.8) is 0 Å². The highest BCUT2D eigenvalue weighted by molar-refractivity contribution is 8.13. The number of hydrogen-bond acceptors (Lipinski definition) is 7. The Morgan fingerprint density at radius 3 is 2.93 bits per heavy atom. The normalized spacial score (nSPS) is 20.4. The molecule has 0 saturated carbocycles. The molecule has 1 aromatic rings. The van der Waals surface area contributed by atoms with Crippen LogP contribution in [0.15, 0.2) is 62.9 Å². The van der Waals surface area contributed by atoms with Crippen molar-refractivity contribution in [3.8, 4) is 5.75 Å². The summed E-state index contributed by atoms with van der Waals surface area (Å²) in [4.78, 5) is 4.49. The summed E-state index contributed by atoms with van der Waals surface area (Å²) in [5.41, 5.74) is 3.32. The van der Waals surface area contributed by atoms with Gasteiger partial charge in [0.2, 0.25) is 5.17 Å². The molecule has 1 atom stereocenters. The highest BCUT2D eigenvalue weighted by Gasteiger charge is 2.17. The number of nitrogens with zero attached hydrogens (tertiary/aromatic N) is 3. The van der Waals surface area contributed by atoms with E-state index in [2.05, 4.69) is 39.6 Å². The van der Waals surface area contributed by atoms with Gasteiger partial charge in [-0.25, -0.2) is 4.99 Å². The molecular formula is C20H26N4O2S. The number of amidine groups is 1. The van der Waals surface area contributed by atoms with Crippen LogP contribution < -0.4 is 10.1 Å². The van der Waals surface area contributed by atoms with E-state index in [0.717, 1.165) is 42.0 Å². The fourth-order valence-corrected chi connectivity index (χ4v) is 3.46. The van der Waals surface area contributed by atoms with Crippen molar-refractivity contribution in [1.29, 1.82) is 0 Å². The SMILES string of the molecule is CCCSC1=NCOC(c2ccc(OC)cc2)NC2=C(CCC=C2)CN=N1. The molecule has 0 saturated heterocycles. The van der Waals surface area contributed by atoms with E-state index < -0.39 is 0 Å². The topological polar surface area (TPSA) is 67.6 Å². The second-order valence-corrected chi connectivity index (χ2v) is 7.30. The summed E-state index contributed by atoms with van der Waals surface area (Å²) in [7, 11) is 1.66. The standard InChI is InChI=1S/C20H26N4O2S/c1-3-12-27-20-21-14-26-19(15-8-10-17(25-2)11-9-15)23-18-7-5-4-6-16(18)13-22-24-20/h5,7-11,19,23H,3-4,6,12-14H2,1-2H3. The molecule has 0 amide bonds. The van der Waals surface area contributed by atoms with Crippen molar-refractivity contribution in [2.75, 3.05) is 26.1 Å². The first-order valence-corrected chi connectivity index (χ1v) is 10.2. The molecule has 1 unspecified atom stereocenters. The van der Waals surface area contributed by atoms with Gasteiger partial charge >= 0.3 is 0 Å². The van der Waals surface area contributed by atoms with E-state index >= 15 is 0 Å². The summed E-state index contributed by atoms with van der Waals surface area (Å²) in [6.07, 6.45) is 7.04. The highest BCUT2D eigenvalue weighted by atomic mass is 32.2. The van der Waals surface area contributed by atoms with Crippen molar-refractivity contribution >= 4 is 16.9 Å². The van der Waals surface area contributed by atoms with Crippen LogP contribution in [-0.2, 0) is 4.74 Å². The zero-order valence-electron chi connectivity index (χ0n) is 15.9. The average Bonchev–Trinajstić information content (AvgIpc) is 2.75. The number of allylic oxidation sites excluding steroid dienone is 2.